The predicted octanol–water partition coefficient (Wildman–Crippen LogP) is 2.24. The van der Waals surface area contributed by atoms with Crippen LogP contribution in [0.3, 0.4) is 0 Å². The van der Waals surface area contributed by atoms with E-state index in [4.69, 9.17) is 11.6 Å². The lowest BCUT2D eigenvalue weighted by molar-refractivity contribution is -0.121. The molecular weight excluding hydrogens is 316 g/mol. The number of nitrogens with zero attached hydrogens (tertiary/aromatic N) is 2. The maximum atomic E-state index is 11.9. The van der Waals surface area contributed by atoms with Crippen molar-refractivity contribution in [1.29, 1.82) is 0 Å². The van der Waals surface area contributed by atoms with Crippen molar-refractivity contribution in [2.45, 2.75) is 26.3 Å². The zero-order chi connectivity index (χ0) is 16.7. The van der Waals surface area contributed by atoms with Crippen LogP contribution < -0.4 is 10.6 Å². The van der Waals surface area contributed by atoms with Gasteiger partial charge in [-0.05, 0) is 31.0 Å². The number of aromatic nitrogens is 2. The number of hydrogen-bond acceptors (Lipinski definition) is 3. The molecule has 122 valence electrons. The first-order valence-electron chi connectivity index (χ1n) is 7.41. The van der Waals surface area contributed by atoms with Crippen LogP contribution in [0.4, 0.5) is 5.82 Å². The summed E-state index contributed by atoms with van der Waals surface area (Å²) in [6, 6.07) is 9.09. The van der Waals surface area contributed by atoms with Gasteiger partial charge in [0.1, 0.15) is 6.54 Å². The predicted molar refractivity (Wildman–Crippen MR) is 89.3 cm³/mol. The first kappa shape index (κ1) is 17.0. The van der Waals surface area contributed by atoms with Crippen molar-refractivity contribution in [3.63, 3.8) is 0 Å². The molecular formula is C16H19ClN4O2. The van der Waals surface area contributed by atoms with E-state index >= 15 is 0 Å². The normalized spacial score (nSPS) is 10.3. The van der Waals surface area contributed by atoms with E-state index in [9.17, 15) is 9.59 Å². The Morgan fingerprint density at radius 3 is 2.83 bits per heavy atom. The van der Waals surface area contributed by atoms with Gasteiger partial charge in [0.05, 0.1) is 0 Å². The molecule has 2 N–H and O–H groups in total. The summed E-state index contributed by atoms with van der Waals surface area (Å²) in [5.74, 6) is 0.188. The van der Waals surface area contributed by atoms with E-state index in [0.29, 0.717) is 30.2 Å². The summed E-state index contributed by atoms with van der Waals surface area (Å²) < 4.78 is 1.48. The minimum absolute atomic E-state index is 0.116. The summed E-state index contributed by atoms with van der Waals surface area (Å²) in [4.78, 5) is 23.4. The molecule has 1 aromatic heterocycles. The van der Waals surface area contributed by atoms with Gasteiger partial charge in [-0.15, -0.1) is 0 Å². The SMILES string of the molecule is CCNC(=O)Cn1ccc(NC(=O)CCc2cccc(Cl)c2)n1. The van der Waals surface area contributed by atoms with Crippen LogP contribution in [0.1, 0.15) is 18.9 Å². The van der Waals surface area contributed by atoms with Gasteiger partial charge in [0.25, 0.3) is 0 Å². The van der Waals surface area contributed by atoms with Crippen molar-refractivity contribution < 1.29 is 9.59 Å². The highest BCUT2D eigenvalue weighted by Crippen LogP contribution is 2.12. The molecule has 0 atom stereocenters. The van der Waals surface area contributed by atoms with Crippen LogP contribution in [-0.2, 0) is 22.6 Å². The third kappa shape index (κ3) is 5.75. The maximum absolute atomic E-state index is 11.9. The molecule has 7 heteroatoms. The largest absolute Gasteiger partial charge is 0.355 e. The maximum Gasteiger partial charge on any atom is 0.241 e. The number of rotatable bonds is 7. The van der Waals surface area contributed by atoms with Crippen molar-refractivity contribution in [2.75, 3.05) is 11.9 Å². The average Bonchev–Trinajstić information content (AvgIpc) is 2.92. The van der Waals surface area contributed by atoms with Crippen LogP contribution in [0, 0.1) is 0 Å². The number of amides is 2. The molecule has 2 rings (SSSR count). The van der Waals surface area contributed by atoms with Crippen LogP contribution in [-0.4, -0.2) is 28.1 Å². The minimum Gasteiger partial charge on any atom is -0.355 e. The van der Waals surface area contributed by atoms with Gasteiger partial charge in [-0.3, -0.25) is 14.3 Å². The summed E-state index contributed by atoms with van der Waals surface area (Å²) >= 11 is 5.91. The van der Waals surface area contributed by atoms with Crippen molar-refractivity contribution in [2.24, 2.45) is 0 Å². The number of nitrogens with one attached hydrogen (secondary N) is 2. The van der Waals surface area contributed by atoms with E-state index in [0.717, 1.165) is 5.56 Å². The summed E-state index contributed by atoms with van der Waals surface area (Å²) in [6.07, 6.45) is 2.59. The quantitative estimate of drug-likeness (QED) is 0.815. The second kappa shape index (κ2) is 8.33. The number of halogens is 1. The molecule has 0 fully saturated rings. The number of carbonyl (C=O) groups excluding carboxylic acids is 2. The van der Waals surface area contributed by atoms with Gasteiger partial charge in [0.15, 0.2) is 5.82 Å². The molecule has 0 saturated heterocycles. The molecule has 1 heterocycles. The van der Waals surface area contributed by atoms with Gasteiger partial charge in [-0.1, -0.05) is 23.7 Å². The lowest BCUT2D eigenvalue weighted by Gasteiger charge is -2.04. The van der Waals surface area contributed by atoms with Crippen molar-refractivity contribution in [1.82, 2.24) is 15.1 Å². The molecule has 0 saturated carbocycles. The second-order valence-electron chi connectivity index (χ2n) is 5.03. The summed E-state index contributed by atoms with van der Waals surface area (Å²) in [6.45, 7) is 2.56. The van der Waals surface area contributed by atoms with Gasteiger partial charge in [0.2, 0.25) is 11.8 Å². The van der Waals surface area contributed by atoms with Crippen LogP contribution in [0.5, 0.6) is 0 Å². The van der Waals surface area contributed by atoms with E-state index in [1.165, 1.54) is 4.68 Å². The smallest absolute Gasteiger partial charge is 0.241 e. The van der Waals surface area contributed by atoms with Gasteiger partial charge in [0, 0.05) is 30.3 Å². The number of hydrogen-bond donors (Lipinski definition) is 2. The van der Waals surface area contributed by atoms with Gasteiger partial charge >= 0.3 is 0 Å². The molecule has 0 radical (unpaired) electrons. The highest BCUT2D eigenvalue weighted by atomic mass is 35.5. The monoisotopic (exact) mass is 334 g/mol. The fourth-order valence-corrected chi connectivity index (χ4v) is 2.29. The molecule has 1 aromatic carbocycles. The number of benzene rings is 1. The Kier molecular flexibility index (Phi) is 6.17. The highest BCUT2D eigenvalue weighted by molar-refractivity contribution is 6.30. The Morgan fingerprint density at radius 1 is 1.26 bits per heavy atom. The van der Waals surface area contributed by atoms with Crippen molar-refractivity contribution >= 4 is 29.2 Å². The molecule has 23 heavy (non-hydrogen) atoms. The Hall–Kier alpha value is -2.34. The van der Waals surface area contributed by atoms with Gasteiger partial charge in [-0.2, -0.15) is 5.10 Å². The van der Waals surface area contributed by atoms with E-state index in [1.54, 1.807) is 18.3 Å². The fraction of sp³-hybridized carbons (Fsp3) is 0.312. The number of carbonyl (C=O) groups is 2. The van der Waals surface area contributed by atoms with Crippen LogP contribution in [0.2, 0.25) is 5.02 Å². The van der Waals surface area contributed by atoms with Crippen LogP contribution in [0.15, 0.2) is 36.5 Å². The first-order valence-corrected chi connectivity index (χ1v) is 7.79. The topological polar surface area (TPSA) is 76.0 Å². The van der Waals surface area contributed by atoms with E-state index < -0.39 is 0 Å². The highest BCUT2D eigenvalue weighted by Gasteiger charge is 2.07. The Balaban J connectivity index is 1.81. The first-order chi connectivity index (χ1) is 11.1. The lowest BCUT2D eigenvalue weighted by atomic mass is 10.1. The number of aryl methyl sites for hydroxylation is 1. The molecule has 0 aliphatic rings. The Labute approximate surface area is 139 Å². The molecule has 0 spiro atoms. The second-order valence-corrected chi connectivity index (χ2v) is 5.47. The van der Waals surface area contributed by atoms with E-state index in [2.05, 4.69) is 15.7 Å². The summed E-state index contributed by atoms with van der Waals surface area (Å²) in [5.41, 5.74) is 1.01. The number of likely N-dealkylation sites (N-methyl/N-ethyl adjacent to an activating group) is 1. The molecule has 0 aliphatic carbocycles. The molecule has 0 aliphatic heterocycles. The van der Waals surface area contributed by atoms with Crippen LogP contribution >= 0.6 is 11.6 Å². The Bertz CT molecular complexity index is 684. The van der Waals surface area contributed by atoms with Crippen LogP contribution in [0.25, 0.3) is 0 Å². The summed E-state index contributed by atoms with van der Waals surface area (Å²) in [5, 5.41) is 10.2. The summed E-state index contributed by atoms with van der Waals surface area (Å²) in [7, 11) is 0. The minimum atomic E-state index is -0.131. The third-order valence-electron chi connectivity index (χ3n) is 3.12. The lowest BCUT2D eigenvalue weighted by Crippen LogP contribution is -2.27. The number of anilines is 1. The zero-order valence-electron chi connectivity index (χ0n) is 12.9. The van der Waals surface area contributed by atoms with Gasteiger partial charge < -0.3 is 10.6 Å². The zero-order valence-corrected chi connectivity index (χ0v) is 13.6. The molecule has 0 bridgehead atoms. The standard InChI is InChI=1S/C16H19ClN4O2/c1-2-18-16(23)11-21-9-8-14(20-21)19-15(22)7-6-12-4-3-5-13(17)10-12/h3-5,8-10H,2,6-7,11H2,1H3,(H,18,23)(H,19,20,22). The average molecular weight is 335 g/mol. The molecule has 2 amide bonds. The third-order valence-corrected chi connectivity index (χ3v) is 3.35. The Morgan fingerprint density at radius 2 is 2.09 bits per heavy atom. The van der Waals surface area contributed by atoms with Gasteiger partial charge in [-0.25, -0.2) is 0 Å². The van der Waals surface area contributed by atoms with Crippen molar-refractivity contribution in [3.05, 3.63) is 47.1 Å². The molecule has 2 aromatic rings. The molecule has 0 unspecified atom stereocenters. The molecule has 6 nitrogen and oxygen atoms in total. The van der Waals surface area contributed by atoms with E-state index in [-0.39, 0.29) is 18.4 Å². The fourth-order valence-electron chi connectivity index (χ4n) is 2.07. The van der Waals surface area contributed by atoms with E-state index in [1.807, 2.05) is 25.1 Å². The van der Waals surface area contributed by atoms with Crippen molar-refractivity contribution in [3.8, 4) is 0 Å².